The number of piperidine rings is 1. The molecule has 0 bridgehead atoms. The van der Waals surface area contributed by atoms with E-state index >= 15 is 0 Å². The largest absolute Gasteiger partial charge is 0.481 e. The number of carboxylic acid groups (broad SMARTS) is 1. The van der Waals surface area contributed by atoms with Gasteiger partial charge in [-0.25, -0.2) is 0 Å². The molecule has 1 heterocycles. The molecule has 5 nitrogen and oxygen atoms in total. The van der Waals surface area contributed by atoms with Crippen molar-refractivity contribution in [2.45, 2.75) is 56.9 Å². The molecule has 1 saturated heterocycles. The van der Waals surface area contributed by atoms with E-state index in [1.807, 2.05) is 53.4 Å². The van der Waals surface area contributed by atoms with Gasteiger partial charge in [-0.2, -0.15) is 0 Å². The molecule has 2 aromatic carbocycles. The second-order valence-corrected chi connectivity index (χ2v) is 10.9. The zero-order valence-electron chi connectivity index (χ0n) is 20.2. The van der Waals surface area contributed by atoms with Gasteiger partial charge in [0.1, 0.15) is 11.2 Å². The van der Waals surface area contributed by atoms with Crippen LogP contribution in [-0.2, 0) is 14.4 Å². The van der Waals surface area contributed by atoms with Crippen molar-refractivity contribution < 1.29 is 19.5 Å². The lowest BCUT2D eigenvalue weighted by Crippen LogP contribution is -2.56. The van der Waals surface area contributed by atoms with Crippen LogP contribution in [0.2, 0.25) is 10.0 Å². The Bertz CT molecular complexity index is 1140. The second kappa shape index (κ2) is 11.2. The number of likely N-dealkylation sites (tertiary alicyclic amines) is 1. The van der Waals surface area contributed by atoms with Crippen LogP contribution in [0.15, 0.2) is 61.2 Å². The van der Waals surface area contributed by atoms with Gasteiger partial charge >= 0.3 is 5.97 Å². The second-order valence-electron chi connectivity index (χ2n) is 10.0. The van der Waals surface area contributed by atoms with Crippen molar-refractivity contribution in [2.24, 2.45) is 11.3 Å². The summed E-state index contributed by atoms with van der Waals surface area (Å²) >= 11 is 12.6. The highest BCUT2D eigenvalue weighted by molar-refractivity contribution is 6.30. The quantitative estimate of drug-likeness (QED) is 0.256. The zero-order valence-corrected chi connectivity index (χ0v) is 21.7. The van der Waals surface area contributed by atoms with Gasteiger partial charge in [0, 0.05) is 35.3 Å². The van der Waals surface area contributed by atoms with Crippen molar-refractivity contribution in [2.75, 3.05) is 6.54 Å². The molecule has 1 aliphatic carbocycles. The van der Waals surface area contributed by atoms with Gasteiger partial charge in [-0.1, -0.05) is 53.5 Å². The average molecular weight is 528 g/mol. The topological polar surface area (TPSA) is 74.7 Å². The zero-order chi connectivity index (χ0) is 25.9. The number of carbonyl (C=O) groups is 3. The van der Waals surface area contributed by atoms with Crippen LogP contribution in [0.3, 0.4) is 0 Å². The van der Waals surface area contributed by atoms with Gasteiger partial charge in [-0.3, -0.25) is 14.4 Å². The van der Waals surface area contributed by atoms with E-state index in [2.05, 4.69) is 6.58 Å². The summed E-state index contributed by atoms with van der Waals surface area (Å²) in [6.07, 6.45) is 4.39. The Morgan fingerprint density at radius 1 is 1.06 bits per heavy atom. The fourth-order valence-electron chi connectivity index (χ4n) is 5.48. The molecule has 0 radical (unpaired) electrons. The van der Waals surface area contributed by atoms with Crippen molar-refractivity contribution in [3.05, 3.63) is 82.4 Å². The maximum atomic E-state index is 14.3. The number of allylic oxidation sites excluding steroid dienone is 1. The number of amides is 1. The minimum Gasteiger partial charge on any atom is -0.481 e. The lowest BCUT2D eigenvalue weighted by Gasteiger charge is -2.50. The van der Waals surface area contributed by atoms with Gasteiger partial charge in [0.05, 0.1) is 6.04 Å². The minimum atomic E-state index is -1.29. The Morgan fingerprint density at radius 2 is 1.78 bits per heavy atom. The van der Waals surface area contributed by atoms with Crippen LogP contribution < -0.4 is 0 Å². The van der Waals surface area contributed by atoms with Crippen molar-refractivity contribution >= 4 is 40.9 Å². The molecule has 1 amide bonds. The van der Waals surface area contributed by atoms with Gasteiger partial charge in [0.15, 0.2) is 0 Å². The molecule has 0 spiro atoms. The van der Waals surface area contributed by atoms with Crippen LogP contribution in [0.1, 0.15) is 68.0 Å². The number of aliphatic carboxylic acids is 1. The van der Waals surface area contributed by atoms with Gasteiger partial charge in [0.25, 0.3) is 0 Å². The number of Topliss-reactive ketones (excluding diaryl/α,β-unsaturated/α-hetero) is 1. The van der Waals surface area contributed by atoms with E-state index in [-0.39, 0.29) is 49.3 Å². The maximum absolute atomic E-state index is 14.3. The number of hydrogen-bond donors (Lipinski definition) is 1. The Hall–Kier alpha value is -2.63. The smallest absolute Gasteiger partial charge is 0.303 e. The number of halogens is 2. The summed E-state index contributed by atoms with van der Waals surface area (Å²) in [5, 5.41) is 10.3. The van der Waals surface area contributed by atoms with Gasteiger partial charge in [0.2, 0.25) is 5.91 Å². The molecule has 7 heteroatoms. The molecule has 1 unspecified atom stereocenters. The van der Waals surface area contributed by atoms with E-state index in [1.165, 1.54) is 0 Å². The number of benzene rings is 2. The first-order valence-electron chi connectivity index (χ1n) is 12.4. The Labute approximate surface area is 222 Å². The van der Waals surface area contributed by atoms with Crippen molar-refractivity contribution in [1.82, 2.24) is 4.90 Å². The van der Waals surface area contributed by atoms with Crippen molar-refractivity contribution in [1.29, 1.82) is 0 Å². The lowest BCUT2D eigenvalue weighted by atomic mass is 9.64. The molecule has 1 N–H and O–H groups in total. The molecular weight excluding hydrogens is 497 g/mol. The summed E-state index contributed by atoms with van der Waals surface area (Å²) in [6, 6.07) is 14.9. The Balaban J connectivity index is 1.82. The molecule has 190 valence electrons. The number of carboxylic acids is 1. The SMILES string of the molecule is C=CCC1(C(=O)CCCC(=O)O)C[C@H](c2cccc(Cl)c2)[C@@H](c2ccc(Cl)cc2)N(CC2CC2)C1=O. The fourth-order valence-corrected chi connectivity index (χ4v) is 5.81. The first kappa shape index (κ1) is 26.4. The van der Waals surface area contributed by atoms with Crippen LogP contribution in [0.4, 0.5) is 0 Å². The average Bonchev–Trinajstić information content (AvgIpc) is 3.66. The van der Waals surface area contributed by atoms with E-state index in [9.17, 15) is 14.4 Å². The molecule has 36 heavy (non-hydrogen) atoms. The summed E-state index contributed by atoms with van der Waals surface area (Å²) in [5.41, 5.74) is 0.636. The normalized spacial score (nSPS) is 23.9. The van der Waals surface area contributed by atoms with E-state index in [1.54, 1.807) is 6.08 Å². The van der Waals surface area contributed by atoms with Crippen LogP contribution in [0.25, 0.3) is 0 Å². The highest BCUT2D eigenvalue weighted by Gasteiger charge is 2.55. The maximum Gasteiger partial charge on any atom is 0.303 e. The number of hydrogen-bond acceptors (Lipinski definition) is 3. The third-order valence-electron chi connectivity index (χ3n) is 7.42. The molecule has 1 aliphatic heterocycles. The number of ketones is 1. The van der Waals surface area contributed by atoms with Crippen LogP contribution in [0, 0.1) is 11.3 Å². The monoisotopic (exact) mass is 527 g/mol. The predicted octanol–water partition coefficient (Wildman–Crippen LogP) is 6.85. The summed E-state index contributed by atoms with van der Waals surface area (Å²) in [6.45, 7) is 4.44. The van der Waals surface area contributed by atoms with Crippen molar-refractivity contribution in [3.63, 3.8) is 0 Å². The molecule has 4 rings (SSSR count). The van der Waals surface area contributed by atoms with E-state index in [4.69, 9.17) is 28.3 Å². The van der Waals surface area contributed by atoms with E-state index in [0.717, 1.165) is 24.0 Å². The minimum absolute atomic E-state index is 0.0387. The molecule has 2 fully saturated rings. The van der Waals surface area contributed by atoms with E-state index in [0.29, 0.717) is 28.9 Å². The third-order valence-corrected chi connectivity index (χ3v) is 7.90. The molecule has 3 atom stereocenters. The molecule has 1 saturated carbocycles. The van der Waals surface area contributed by atoms with Gasteiger partial charge in [-0.05, 0) is 73.4 Å². The van der Waals surface area contributed by atoms with Crippen LogP contribution in [0.5, 0.6) is 0 Å². The highest BCUT2D eigenvalue weighted by Crippen LogP contribution is 2.53. The predicted molar refractivity (Wildman–Crippen MR) is 141 cm³/mol. The first-order chi connectivity index (χ1) is 17.2. The molecular formula is C29H31Cl2NO4. The fraction of sp³-hybridized carbons (Fsp3) is 0.414. The summed E-state index contributed by atoms with van der Waals surface area (Å²) in [4.78, 5) is 41.0. The third kappa shape index (κ3) is 5.68. The first-order valence-corrected chi connectivity index (χ1v) is 13.2. The Kier molecular flexibility index (Phi) is 8.21. The summed E-state index contributed by atoms with van der Waals surface area (Å²) < 4.78 is 0. The number of nitrogens with zero attached hydrogens (tertiary/aromatic N) is 1. The van der Waals surface area contributed by atoms with Gasteiger partial charge < -0.3 is 10.0 Å². The summed E-state index contributed by atoms with van der Waals surface area (Å²) in [5.74, 6) is -1.13. The van der Waals surface area contributed by atoms with Gasteiger partial charge in [-0.15, -0.1) is 6.58 Å². The number of rotatable bonds is 11. The molecule has 0 aromatic heterocycles. The van der Waals surface area contributed by atoms with Crippen LogP contribution >= 0.6 is 23.2 Å². The molecule has 2 aliphatic rings. The highest BCUT2D eigenvalue weighted by atomic mass is 35.5. The lowest BCUT2D eigenvalue weighted by molar-refractivity contribution is -0.159. The van der Waals surface area contributed by atoms with Crippen LogP contribution in [-0.4, -0.2) is 34.2 Å². The standard InChI is InChI=1S/C29H31Cl2NO4/c1-2-15-29(25(33)7-4-8-26(34)35)17-24(21-5-3-6-23(31)16-21)27(20-11-13-22(30)14-12-20)32(28(29)36)18-19-9-10-19/h2-3,5-6,11-14,16,19,24,27H,1,4,7-10,15,17-18H2,(H,34,35)/t24-,27-,29?/m1/s1. The Morgan fingerprint density at radius 3 is 2.39 bits per heavy atom. The van der Waals surface area contributed by atoms with Crippen molar-refractivity contribution in [3.8, 4) is 0 Å². The van der Waals surface area contributed by atoms with E-state index < -0.39 is 11.4 Å². The molecule has 2 aromatic rings. The summed E-state index contributed by atoms with van der Waals surface area (Å²) in [7, 11) is 0. The number of carbonyl (C=O) groups excluding carboxylic acids is 2.